The van der Waals surface area contributed by atoms with Gasteiger partial charge in [0, 0.05) is 24.9 Å². The zero-order valence-electron chi connectivity index (χ0n) is 14.3. The number of fused-ring (bicyclic) bond motifs is 2. The number of nitrogens with one attached hydrogen (secondary N) is 1. The summed E-state index contributed by atoms with van der Waals surface area (Å²) >= 11 is 0. The molecule has 22 heavy (non-hydrogen) atoms. The van der Waals surface area contributed by atoms with Crippen molar-refractivity contribution in [3.8, 4) is 0 Å². The van der Waals surface area contributed by atoms with Crippen LogP contribution in [0.5, 0.6) is 0 Å². The number of hydrogen-bond acceptors (Lipinski definition) is 3. The van der Waals surface area contributed by atoms with Gasteiger partial charge in [-0.15, -0.1) is 0 Å². The number of ketones is 1. The number of nitrogens with zero attached hydrogens (tertiary/aromatic N) is 1. The number of rotatable bonds is 4. The van der Waals surface area contributed by atoms with Gasteiger partial charge >= 0.3 is 0 Å². The molecule has 3 rings (SSSR count). The van der Waals surface area contributed by atoms with Crippen molar-refractivity contribution in [1.82, 2.24) is 10.2 Å². The van der Waals surface area contributed by atoms with Gasteiger partial charge in [-0.2, -0.15) is 0 Å². The monoisotopic (exact) mass is 306 g/mol. The number of hydrogen-bond donors (Lipinski definition) is 1. The molecule has 1 aliphatic heterocycles. The molecule has 0 aromatic rings. The quantitative estimate of drug-likeness (QED) is 0.867. The van der Waals surface area contributed by atoms with Crippen LogP contribution >= 0.6 is 0 Å². The van der Waals surface area contributed by atoms with E-state index >= 15 is 0 Å². The van der Waals surface area contributed by atoms with Crippen LogP contribution in [0.15, 0.2) is 0 Å². The third kappa shape index (κ3) is 2.06. The zero-order chi connectivity index (χ0) is 16.0. The van der Waals surface area contributed by atoms with Crippen LogP contribution in [0, 0.1) is 16.2 Å². The largest absolute Gasteiger partial charge is 0.354 e. The lowest BCUT2D eigenvalue weighted by molar-refractivity contribution is -0.136. The average molecular weight is 306 g/mol. The van der Waals surface area contributed by atoms with E-state index in [0.29, 0.717) is 13.0 Å². The first-order valence-corrected chi connectivity index (χ1v) is 8.87. The Morgan fingerprint density at radius 2 is 1.82 bits per heavy atom. The molecule has 0 spiro atoms. The van der Waals surface area contributed by atoms with Gasteiger partial charge in [0.25, 0.3) is 0 Å². The minimum atomic E-state index is -0.471. The summed E-state index contributed by atoms with van der Waals surface area (Å²) in [4.78, 5) is 27.7. The summed E-state index contributed by atoms with van der Waals surface area (Å²) in [5, 5.41) is 3.15. The first-order valence-electron chi connectivity index (χ1n) is 8.87. The average Bonchev–Trinajstić information content (AvgIpc) is 2.78. The Morgan fingerprint density at radius 3 is 2.36 bits per heavy atom. The SMILES string of the molecule is CC1(C)[C@]2(C(=O)NCCN3CCCCC3)CC[C@]1(C)C(=O)C2. The van der Waals surface area contributed by atoms with Crippen LogP contribution in [0.2, 0.25) is 0 Å². The number of piperidine rings is 1. The summed E-state index contributed by atoms with van der Waals surface area (Å²) in [5.41, 5.74) is -1.01. The Kier molecular flexibility index (Phi) is 3.87. The van der Waals surface area contributed by atoms with Crippen molar-refractivity contribution in [1.29, 1.82) is 0 Å². The molecule has 0 unspecified atom stereocenters. The van der Waals surface area contributed by atoms with Crippen LogP contribution in [-0.4, -0.2) is 42.8 Å². The second-order valence-electron chi connectivity index (χ2n) is 8.30. The first kappa shape index (κ1) is 16.0. The van der Waals surface area contributed by atoms with Gasteiger partial charge in [-0.3, -0.25) is 9.59 Å². The van der Waals surface area contributed by atoms with Crippen molar-refractivity contribution in [2.45, 2.75) is 59.3 Å². The van der Waals surface area contributed by atoms with Crippen LogP contribution < -0.4 is 5.32 Å². The molecule has 1 heterocycles. The van der Waals surface area contributed by atoms with Crippen molar-refractivity contribution in [2.75, 3.05) is 26.2 Å². The van der Waals surface area contributed by atoms with Crippen LogP contribution in [0.25, 0.3) is 0 Å². The summed E-state index contributed by atoms with van der Waals surface area (Å²) < 4.78 is 0. The van der Waals surface area contributed by atoms with Crippen molar-refractivity contribution in [3.05, 3.63) is 0 Å². The molecular formula is C18H30N2O2. The van der Waals surface area contributed by atoms with Gasteiger partial charge < -0.3 is 10.2 Å². The molecule has 4 heteroatoms. The number of amides is 1. The van der Waals surface area contributed by atoms with E-state index in [-0.39, 0.29) is 22.5 Å². The van der Waals surface area contributed by atoms with Crippen molar-refractivity contribution >= 4 is 11.7 Å². The molecule has 2 atom stereocenters. The standard InChI is InChI=1S/C18H30N2O2/c1-16(2)17(3)7-8-18(16,13-14(17)21)15(22)19-9-12-20-10-5-4-6-11-20/h4-13H2,1-3H3,(H,19,22)/t17-,18-/m1/s1. The van der Waals surface area contributed by atoms with E-state index in [1.165, 1.54) is 19.3 Å². The van der Waals surface area contributed by atoms with Crippen molar-refractivity contribution < 1.29 is 9.59 Å². The highest BCUT2D eigenvalue weighted by Gasteiger charge is 2.72. The number of carbonyl (C=O) groups excluding carboxylic acids is 2. The molecule has 4 nitrogen and oxygen atoms in total. The fourth-order valence-electron chi connectivity index (χ4n) is 5.04. The summed E-state index contributed by atoms with van der Waals surface area (Å²) in [5.74, 6) is 0.402. The van der Waals surface area contributed by atoms with Gasteiger partial charge in [-0.05, 0) is 44.2 Å². The van der Waals surface area contributed by atoms with E-state index in [2.05, 4.69) is 31.0 Å². The Labute approximate surface area is 134 Å². The van der Waals surface area contributed by atoms with Gasteiger partial charge in [-0.25, -0.2) is 0 Å². The minimum absolute atomic E-state index is 0.115. The number of carbonyl (C=O) groups is 2. The van der Waals surface area contributed by atoms with Crippen LogP contribution in [0.4, 0.5) is 0 Å². The second-order valence-corrected chi connectivity index (χ2v) is 8.30. The van der Waals surface area contributed by atoms with E-state index in [1.807, 2.05) is 0 Å². The second kappa shape index (κ2) is 5.33. The van der Waals surface area contributed by atoms with Crippen LogP contribution in [-0.2, 0) is 9.59 Å². The van der Waals surface area contributed by atoms with Crippen LogP contribution in [0.1, 0.15) is 59.3 Å². The first-order chi connectivity index (χ1) is 10.3. The molecule has 1 N–H and O–H groups in total. The molecule has 0 radical (unpaired) electrons. The van der Waals surface area contributed by atoms with E-state index in [9.17, 15) is 9.59 Å². The molecule has 0 aromatic carbocycles. The summed E-state index contributed by atoms with van der Waals surface area (Å²) in [6.07, 6.45) is 6.04. The maximum atomic E-state index is 12.9. The van der Waals surface area contributed by atoms with E-state index in [1.54, 1.807) is 0 Å². The van der Waals surface area contributed by atoms with E-state index < -0.39 is 5.41 Å². The minimum Gasteiger partial charge on any atom is -0.354 e. The van der Waals surface area contributed by atoms with Gasteiger partial charge in [0.1, 0.15) is 5.78 Å². The molecule has 1 saturated heterocycles. The number of likely N-dealkylation sites (tertiary alicyclic amines) is 1. The lowest BCUT2D eigenvalue weighted by atomic mass is 9.64. The van der Waals surface area contributed by atoms with Crippen molar-refractivity contribution in [2.24, 2.45) is 16.2 Å². The van der Waals surface area contributed by atoms with Crippen LogP contribution in [0.3, 0.4) is 0 Å². The number of Topliss-reactive ketones (excluding diaryl/α,β-unsaturated/α-hetero) is 1. The molecule has 3 aliphatic rings. The molecule has 124 valence electrons. The highest BCUT2D eigenvalue weighted by molar-refractivity contribution is 5.99. The lowest BCUT2D eigenvalue weighted by Gasteiger charge is -2.38. The Balaban J connectivity index is 1.61. The zero-order valence-corrected chi connectivity index (χ0v) is 14.3. The van der Waals surface area contributed by atoms with E-state index in [0.717, 1.165) is 32.5 Å². The third-order valence-corrected chi connectivity index (χ3v) is 7.30. The third-order valence-electron chi connectivity index (χ3n) is 7.30. The highest BCUT2D eigenvalue weighted by Crippen LogP contribution is 2.70. The summed E-state index contributed by atoms with van der Waals surface area (Å²) in [7, 11) is 0. The van der Waals surface area contributed by atoms with Gasteiger partial charge in [0.05, 0.1) is 5.41 Å². The fourth-order valence-corrected chi connectivity index (χ4v) is 5.04. The Hall–Kier alpha value is -0.900. The molecule has 2 bridgehead atoms. The lowest BCUT2D eigenvalue weighted by Crippen LogP contribution is -2.48. The summed E-state index contributed by atoms with van der Waals surface area (Å²) in [6.45, 7) is 10.3. The molecular weight excluding hydrogens is 276 g/mol. The Bertz CT molecular complexity index is 481. The summed E-state index contributed by atoms with van der Waals surface area (Å²) in [6, 6.07) is 0. The highest BCUT2D eigenvalue weighted by atomic mass is 16.2. The molecule has 2 aliphatic carbocycles. The molecule has 3 fully saturated rings. The van der Waals surface area contributed by atoms with E-state index in [4.69, 9.17) is 0 Å². The normalized spacial score (nSPS) is 37.5. The molecule has 0 aromatic heterocycles. The smallest absolute Gasteiger partial charge is 0.227 e. The Morgan fingerprint density at radius 1 is 1.14 bits per heavy atom. The maximum Gasteiger partial charge on any atom is 0.227 e. The maximum absolute atomic E-state index is 12.9. The van der Waals surface area contributed by atoms with Gasteiger partial charge in [-0.1, -0.05) is 27.2 Å². The topological polar surface area (TPSA) is 49.4 Å². The fraction of sp³-hybridized carbons (Fsp3) is 0.889. The predicted molar refractivity (Wildman–Crippen MR) is 86.5 cm³/mol. The van der Waals surface area contributed by atoms with Gasteiger partial charge in [0.15, 0.2) is 0 Å². The molecule has 1 amide bonds. The van der Waals surface area contributed by atoms with Gasteiger partial charge in [0.2, 0.25) is 5.91 Å². The van der Waals surface area contributed by atoms with Crippen molar-refractivity contribution in [3.63, 3.8) is 0 Å². The molecule has 2 saturated carbocycles. The predicted octanol–water partition coefficient (Wildman–Crippen LogP) is 2.37.